The molecule has 0 saturated heterocycles. The molecule has 1 rings (SSSR count). The van der Waals surface area contributed by atoms with E-state index in [9.17, 15) is 14.4 Å². The molecule has 0 aliphatic rings. The van der Waals surface area contributed by atoms with Gasteiger partial charge in [0.15, 0.2) is 12.3 Å². The van der Waals surface area contributed by atoms with E-state index < -0.39 is 18.5 Å². The first-order valence-electron chi connectivity index (χ1n) is 6.40. The van der Waals surface area contributed by atoms with Crippen molar-refractivity contribution in [3.63, 3.8) is 0 Å². The van der Waals surface area contributed by atoms with Gasteiger partial charge in [-0.05, 0) is 20.8 Å². The lowest BCUT2D eigenvalue weighted by atomic mass is 10.4. The van der Waals surface area contributed by atoms with E-state index >= 15 is 0 Å². The van der Waals surface area contributed by atoms with E-state index in [1.54, 1.807) is 6.92 Å². The molecule has 114 valence electrons. The molecule has 0 bridgehead atoms. The van der Waals surface area contributed by atoms with Crippen LogP contribution in [0, 0.1) is 6.92 Å². The van der Waals surface area contributed by atoms with Crippen LogP contribution in [-0.2, 0) is 14.3 Å². The van der Waals surface area contributed by atoms with Gasteiger partial charge in [-0.25, -0.2) is 9.78 Å². The Labute approximate surface area is 122 Å². The van der Waals surface area contributed by atoms with Crippen molar-refractivity contribution >= 4 is 17.8 Å². The third kappa shape index (κ3) is 6.46. The van der Waals surface area contributed by atoms with Gasteiger partial charge in [-0.2, -0.15) is 0 Å². The zero-order valence-electron chi connectivity index (χ0n) is 12.2. The number of hydrogen-bond acceptors (Lipinski definition) is 6. The Kier molecular flexibility index (Phi) is 6.25. The van der Waals surface area contributed by atoms with Crippen LogP contribution in [0.1, 0.15) is 30.0 Å². The normalized spacial score (nSPS) is 10.1. The van der Waals surface area contributed by atoms with Crippen LogP contribution in [0.25, 0.3) is 0 Å². The van der Waals surface area contributed by atoms with Crippen molar-refractivity contribution < 1.29 is 19.1 Å². The lowest BCUT2D eigenvalue weighted by Gasteiger charge is -2.09. The zero-order chi connectivity index (χ0) is 15.8. The fraction of sp³-hybridized carbons (Fsp3) is 0.462. The minimum absolute atomic E-state index is 0.00709. The van der Waals surface area contributed by atoms with Crippen molar-refractivity contribution in [2.45, 2.75) is 26.8 Å². The predicted octanol–water partition coefficient (Wildman–Crippen LogP) is -0.417. The second-order valence-electron chi connectivity index (χ2n) is 4.62. The summed E-state index contributed by atoms with van der Waals surface area (Å²) in [7, 11) is 0. The Morgan fingerprint density at radius 3 is 2.48 bits per heavy atom. The number of aromatic nitrogens is 2. The Balaban J connectivity index is 2.31. The van der Waals surface area contributed by atoms with E-state index in [2.05, 4.69) is 20.6 Å². The number of carbonyl (C=O) groups is 3. The summed E-state index contributed by atoms with van der Waals surface area (Å²) in [5.74, 6) is -1.62. The molecule has 1 aromatic heterocycles. The molecule has 21 heavy (non-hydrogen) atoms. The average Bonchev–Trinajstić information content (AvgIpc) is 2.42. The molecule has 0 saturated carbocycles. The lowest BCUT2D eigenvalue weighted by Crippen LogP contribution is -2.41. The van der Waals surface area contributed by atoms with E-state index in [4.69, 9.17) is 4.74 Å². The minimum atomic E-state index is -0.746. The maximum Gasteiger partial charge on any atom is 0.359 e. The molecule has 8 nitrogen and oxygen atoms in total. The molecular formula is C13H18N4O4. The standard InChI is InChI=1S/C13H18N4O4/c1-8(2)17-11(18)6-16-12(19)7-21-13(20)10-5-14-9(3)4-15-10/h4-5,8H,6-7H2,1-3H3,(H,16,19)(H,17,18). The number of ether oxygens (including phenoxy) is 1. The molecular weight excluding hydrogens is 276 g/mol. The first-order chi connectivity index (χ1) is 9.88. The molecule has 0 unspecified atom stereocenters. The molecule has 0 aliphatic heterocycles. The maximum absolute atomic E-state index is 11.6. The molecule has 0 atom stereocenters. The fourth-order valence-electron chi connectivity index (χ4n) is 1.31. The summed E-state index contributed by atoms with van der Waals surface area (Å²) in [6.07, 6.45) is 2.69. The van der Waals surface area contributed by atoms with Crippen LogP contribution in [0.4, 0.5) is 0 Å². The Bertz CT molecular complexity index is 513. The van der Waals surface area contributed by atoms with Crippen molar-refractivity contribution in [2.75, 3.05) is 13.2 Å². The van der Waals surface area contributed by atoms with Crippen LogP contribution in [0.15, 0.2) is 12.4 Å². The van der Waals surface area contributed by atoms with E-state index in [-0.39, 0.29) is 24.2 Å². The number of hydrogen-bond donors (Lipinski definition) is 2. The third-order valence-corrected chi connectivity index (χ3v) is 2.22. The summed E-state index contributed by atoms with van der Waals surface area (Å²) < 4.78 is 4.76. The Morgan fingerprint density at radius 1 is 1.19 bits per heavy atom. The molecule has 0 fully saturated rings. The van der Waals surface area contributed by atoms with Gasteiger partial charge in [-0.15, -0.1) is 0 Å². The van der Waals surface area contributed by atoms with Crippen LogP contribution in [-0.4, -0.2) is 46.9 Å². The van der Waals surface area contributed by atoms with Crippen molar-refractivity contribution in [3.05, 3.63) is 23.8 Å². The number of rotatable bonds is 6. The quantitative estimate of drug-likeness (QED) is 0.690. The van der Waals surface area contributed by atoms with Crippen molar-refractivity contribution in [2.24, 2.45) is 0 Å². The highest BCUT2D eigenvalue weighted by Crippen LogP contribution is 1.96. The zero-order valence-corrected chi connectivity index (χ0v) is 12.2. The number of nitrogens with one attached hydrogen (secondary N) is 2. The average molecular weight is 294 g/mol. The Hall–Kier alpha value is -2.51. The number of esters is 1. The summed E-state index contributed by atoms with van der Waals surface area (Å²) in [4.78, 5) is 42.0. The van der Waals surface area contributed by atoms with E-state index in [0.717, 1.165) is 0 Å². The Morgan fingerprint density at radius 2 is 1.90 bits per heavy atom. The van der Waals surface area contributed by atoms with Gasteiger partial charge in [-0.3, -0.25) is 14.6 Å². The largest absolute Gasteiger partial charge is 0.451 e. The van der Waals surface area contributed by atoms with E-state index in [0.29, 0.717) is 5.69 Å². The minimum Gasteiger partial charge on any atom is -0.451 e. The van der Waals surface area contributed by atoms with Crippen LogP contribution in [0.3, 0.4) is 0 Å². The van der Waals surface area contributed by atoms with Gasteiger partial charge in [0.05, 0.1) is 18.4 Å². The van der Waals surface area contributed by atoms with Crippen LogP contribution < -0.4 is 10.6 Å². The third-order valence-electron chi connectivity index (χ3n) is 2.22. The van der Waals surface area contributed by atoms with E-state index in [1.165, 1.54) is 12.4 Å². The van der Waals surface area contributed by atoms with Crippen molar-refractivity contribution in [1.29, 1.82) is 0 Å². The monoisotopic (exact) mass is 294 g/mol. The molecule has 8 heteroatoms. The molecule has 2 N–H and O–H groups in total. The van der Waals surface area contributed by atoms with Crippen LogP contribution in [0.2, 0.25) is 0 Å². The number of nitrogens with zero attached hydrogens (tertiary/aromatic N) is 2. The van der Waals surface area contributed by atoms with Gasteiger partial charge in [0, 0.05) is 12.2 Å². The van der Waals surface area contributed by atoms with E-state index in [1.807, 2.05) is 13.8 Å². The van der Waals surface area contributed by atoms with Gasteiger partial charge in [0.25, 0.3) is 5.91 Å². The van der Waals surface area contributed by atoms with Gasteiger partial charge < -0.3 is 15.4 Å². The molecule has 1 heterocycles. The number of amides is 2. The van der Waals surface area contributed by atoms with Crippen LogP contribution >= 0.6 is 0 Å². The SMILES string of the molecule is Cc1cnc(C(=O)OCC(=O)NCC(=O)NC(C)C)cn1. The molecule has 0 aromatic carbocycles. The molecule has 1 aromatic rings. The van der Waals surface area contributed by atoms with Crippen LogP contribution in [0.5, 0.6) is 0 Å². The molecule has 0 aliphatic carbocycles. The van der Waals surface area contributed by atoms with Gasteiger partial charge in [0.2, 0.25) is 5.91 Å². The summed E-state index contributed by atoms with van der Waals surface area (Å²) in [6, 6.07) is -0.00709. The van der Waals surface area contributed by atoms with Gasteiger partial charge >= 0.3 is 5.97 Å². The highest BCUT2D eigenvalue weighted by molar-refractivity contribution is 5.90. The fourth-order valence-corrected chi connectivity index (χ4v) is 1.31. The smallest absolute Gasteiger partial charge is 0.359 e. The number of aryl methyl sites for hydroxylation is 1. The second-order valence-corrected chi connectivity index (χ2v) is 4.62. The predicted molar refractivity (Wildman–Crippen MR) is 73.3 cm³/mol. The highest BCUT2D eigenvalue weighted by Gasteiger charge is 2.12. The van der Waals surface area contributed by atoms with Crippen molar-refractivity contribution in [1.82, 2.24) is 20.6 Å². The topological polar surface area (TPSA) is 110 Å². The number of carbonyl (C=O) groups excluding carboxylic acids is 3. The first kappa shape index (κ1) is 16.5. The second kappa shape index (κ2) is 7.93. The summed E-state index contributed by atoms with van der Waals surface area (Å²) >= 11 is 0. The maximum atomic E-state index is 11.6. The van der Waals surface area contributed by atoms with Gasteiger partial charge in [0.1, 0.15) is 0 Å². The first-order valence-corrected chi connectivity index (χ1v) is 6.40. The summed E-state index contributed by atoms with van der Waals surface area (Å²) in [6.45, 7) is 4.70. The van der Waals surface area contributed by atoms with Gasteiger partial charge in [-0.1, -0.05) is 0 Å². The summed E-state index contributed by atoms with van der Waals surface area (Å²) in [5.41, 5.74) is 0.686. The molecule has 0 radical (unpaired) electrons. The lowest BCUT2D eigenvalue weighted by molar-refractivity contribution is -0.128. The molecule has 0 spiro atoms. The molecule has 2 amide bonds. The highest BCUT2D eigenvalue weighted by atomic mass is 16.5. The summed E-state index contributed by atoms with van der Waals surface area (Å²) in [5, 5.41) is 4.95. The van der Waals surface area contributed by atoms with Crippen molar-refractivity contribution in [3.8, 4) is 0 Å².